The summed E-state index contributed by atoms with van der Waals surface area (Å²) in [5.41, 5.74) is 1.01. The quantitative estimate of drug-likeness (QED) is 0.922. The van der Waals surface area contributed by atoms with Crippen LogP contribution in [0, 0.1) is 5.92 Å². The van der Waals surface area contributed by atoms with Crippen molar-refractivity contribution in [2.45, 2.75) is 37.8 Å². The van der Waals surface area contributed by atoms with Crippen molar-refractivity contribution >= 4 is 27.5 Å². The molecule has 1 amide bonds. The van der Waals surface area contributed by atoms with Gasteiger partial charge in [-0.25, -0.2) is 4.98 Å². The third-order valence-corrected chi connectivity index (χ3v) is 6.20. The van der Waals surface area contributed by atoms with Gasteiger partial charge < -0.3 is 14.7 Å². The number of morpholine rings is 1. The van der Waals surface area contributed by atoms with Gasteiger partial charge in [0.2, 0.25) is 5.91 Å². The summed E-state index contributed by atoms with van der Waals surface area (Å²) in [6, 6.07) is 8.22. The lowest BCUT2D eigenvalue weighted by molar-refractivity contribution is -0.143. The number of carbonyl (C=O) groups is 1. The molecule has 0 spiro atoms. The van der Waals surface area contributed by atoms with Gasteiger partial charge in [-0.05, 0) is 30.9 Å². The number of aliphatic hydroxyl groups is 1. The van der Waals surface area contributed by atoms with Crippen molar-refractivity contribution in [3.63, 3.8) is 0 Å². The molecule has 6 heteroatoms. The number of aliphatic hydroxyl groups excluding tert-OH is 1. The normalized spacial score (nSPS) is 26.7. The number of para-hydroxylation sites is 1. The van der Waals surface area contributed by atoms with E-state index in [4.69, 9.17) is 4.74 Å². The predicted octanol–water partition coefficient (Wildman–Crippen LogP) is 2.23. The topological polar surface area (TPSA) is 62.7 Å². The van der Waals surface area contributed by atoms with Gasteiger partial charge in [-0.2, -0.15) is 0 Å². The highest BCUT2D eigenvalue weighted by Gasteiger charge is 2.42. The molecule has 1 aromatic carbocycles. The van der Waals surface area contributed by atoms with Gasteiger partial charge in [0.05, 0.1) is 34.0 Å². The molecule has 1 saturated heterocycles. The van der Waals surface area contributed by atoms with E-state index in [1.54, 1.807) is 11.3 Å². The van der Waals surface area contributed by atoms with Crippen LogP contribution in [0.25, 0.3) is 10.2 Å². The number of thiazole rings is 1. The van der Waals surface area contributed by atoms with Crippen LogP contribution in [0.3, 0.4) is 0 Å². The lowest BCUT2D eigenvalue weighted by Gasteiger charge is -2.37. The number of rotatable bonds is 4. The Balaban J connectivity index is 1.40. The van der Waals surface area contributed by atoms with Crippen LogP contribution in [0.2, 0.25) is 0 Å². The van der Waals surface area contributed by atoms with Crippen LogP contribution in [0.4, 0.5) is 0 Å². The Morgan fingerprint density at radius 3 is 3.08 bits per heavy atom. The fourth-order valence-corrected chi connectivity index (χ4v) is 4.86. The van der Waals surface area contributed by atoms with E-state index in [2.05, 4.69) is 11.1 Å². The fraction of sp³-hybridized carbons (Fsp3) is 0.556. The van der Waals surface area contributed by atoms with Crippen LogP contribution in [0.5, 0.6) is 0 Å². The second-order valence-corrected chi connectivity index (χ2v) is 7.77. The number of ether oxygens (including phenoxy) is 1. The summed E-state index contributed by atoms with van der Waals surface area (Å²) in [6.45, 7) is 1.45. The molecule has 2 aromatic rings. The molecule has 0 radical (unpaired) electrons. The standard InChI is InChI=1S/C18H22N2O3S/c21-11-12-9-14-15(10-12)23-8-7-20(14)18(22)6-5-17-19-13-3-1-2-4-16(13)24-17/h1-4,12,14-15,21H,5-11H2/t12-,14+,15?/m1/s1. The average molecular weight is 346 g/mol. The highest BCUT2D eigenvalue weighted by molar-refractivity contribution is 7.18. The zero-order valence-electron chi connectivity index (χ0n) is 13.6. The first kappa shape index (κ1) is 16.0. The van der Waals surface area contributed by atoms with Crippen LogP contribution in [0.15, 0.2) is 24.3 Å². The molecule has 2 aliphatic rings. The Morgan fingerprint density at radius 2 is 2.25 bits per heavy atom. The molecule has 5 nitrogen and oxygen atoms in total. The summed E-state index contributed by atoms with van der Waals surface area (Å²) in [6.07, 6.45) is 3.00. The molecule has 2 fully saturated rings. The van der Waals surface area contributed by atoms with Crippen LogP contribution in [-0.4, -0.2) is 52.8 Å². The molecular weight excluding hydrogens is 324 g/mol. The van der Waals surface area contributed by atoms with Gasteiger partial charge in [-0.3, -0.25) is 4.79 Å². The number of aryl methyl sites for hydroxylation is 1. The minimum absolute atomic E-state index is 0.0994. The van der Waals surface area contributed by atoms with E-state index < -0.39 is 0 Å². The molecule has 0 bridgehead atoms. The molecule has 1 N–H and O–H groups in total. The van der Waals surface area contributed by atoms with Gasteiger partial charge in [0.15, 0.2) is 0 Å². The Kier molecular flexibility index (Phi) is 4.52. The Bertz CT molecular complexity index is 699. The number of carbonyl (C=O) groups excluding carboxylic acids is 1. The summed E-state index contributed by atoms with van der Waals surface area (Å²) in [7, 11) is 0. The Hall–Kier alpha value is -1.50. The van der Waals surface area contributed by atoms with Crippen molar-refractivity contribution in [2.24, 2.45) is 5.92 Å². The number of fused-ring (bicyclic) bond motifs is 2. The molecular formula is C18H22N2O3S. The number of hydrogen-bond acceptors (Lipinski definition) is 5. The molecule has 1 unspecified atom stereocenters. The Morgan fingerprint density at radius 1 is 1.38 bits per heavy atom. The maximum atomic E-state index is 12.7. The van der Waals surface area contributed by atoms with Crippen molar-refractivity contribution in [3.8, 4) is 0 Å². The molecule has 128 valence electrons. The fourth-order valence-electron chi connectivity index (χ4n) is 3.89. The number of hydrogen-bond donors (Lipinski definition) is 1. The number of nitrogens with zero attached hydrogens (tertiary/aromatic N) is 2. The number of aromatic nitrogens is 1. The second kappa shape index (κ2) is 6.78. The summed E-state index contributed by atoms with van der Waals surface area (Å²) in [5, 5.41) is 10.4. The van der Waals surface area contributed by atoms with Gasteiger partial charge in [0.1, 0.15) is 0 Å². The third-order valence-electron chi connectivity index (χ3n) is 5.10. The highest BCUT2D eigenvalue weighted by Crippen LogP contribution is 2.34. The summed E-state index contributed by atoms with van der Waals surface area (Å²) >= 11 is 1.67. The van der Waals surface area contributed by atoms with E-state index in [1.807, 2.05) is 23.1 Å². The molecule has 1 aromatic heterocycles. The van der Waals surface area contributed by atoms with Gasteiger partial charge >= 0.3 is 0 Å². The van der Waals surface area contributed by atoms with E-state index in [-0.39, 0.29) is 30.6 Å². The van der Waals surface area contributed by atoms with Gasteiger partial charge in [-0.1, -0.05) is 12.1 Å². The first-order valence-corrected chi connectivity index (χ1v) is 9.42. The lowest BCUT2D eigenvalue weighted by Crippen LogP contribution is -2.51. The number of benzene rings is 1. The van der Waals surface area contributed by atoms with E-state index in [1.165, 1.54) is 4.70 Å². The van der Waals surface area contributed by atoms with Crippen molar-refractivity contribution in [1.82, 2.24) is 9.88 Å². The minimum Gasteiger partial charge on any atom is -0.396 e. The predicted molar refractivity (Wildman–Crippen MR) is 93.0 cm³/mol. The number of amides is 1. The third kappa shape index (κ3) is 3.06. The smallest absolute Gasteiger partial charge is 0.223 e. The Labute approximate surface area is 145 Å². The van der Waals surface area contributed by atoms with Crippen LogP contribution < -0.4 is 0 Å². The molecule has 24 heavy (non-hydrogen) atoms. The molecule has 4 rings (SSSR count). The van der Waals surface area contributed by atoms with Crippen LogP contribution in [0.1, 0.15) is 24.3 Å². The molecule has 1 aliphatic heterocycles. The largest absolute Gasteiger partial charge is 0.396 e. The molecule has 2 heterocycles. The van der Waals surface area contributed by atoms with Crippen molar-refractivity contribution in [3.05, 3.63) is 29.3 Å². The zero-order valence-corrected chi connectivity index (χ0v) is 14.4. The summed E-state index contributed by atoms with van der Waals surface area (Å²) in [4.78, 5) is 19.3. The van der Waals surface area contributed by atoms with E-state index in [0.29, 0.717) is 26.0 Å². The molecule has 1 aliphatic carbocycles. The van der Waals surface area contributed by atoms with Gasteiger partial charge in [0, 0.05) is 26.0 Å². The summed E-state index contributed by atoms with van der Waals surface area (Å²) < 4.78 is 6.98. The second-order valence-electron chi connectivity index (χ2n) is 6.66. The monoisotopic (exact) mass is 346 g/mol. The maximum absolute atomic E-state index is 12.7. The van der Waals surface area contributed by atoms with E-state index in [0.717, 1.165) is 23.4 Å². The van der Waals surface area contributed by atoms with E-state index in [9.17, 15) is 9.90 Å². The maximum Gasteiger partial charge on any atom is 0.223 e. The van der Waals surface area contributed by atoms with Crippen LogP contribution in [-0.2, 0) is 16.0 Å². The average Bonchev–Trinajstić information content (AvgIpc) is 3.22. The minimum atomic E-state index is 0.0994. The first-order valence-electron chi connectivity index (χ1n) is 8.61. The summed E-state index contributed by atoms with van der Waals surface area (Å²) in [5.74, 6) is 0.448. The molecule has 3 atom stereocenters. The lowest BCUT2D eigenvalue weighted by atomic mass is 10.1. The van der Waals surface area contributed by atoms with Crippen molar-refractivity contribution in [1.29, 1.82) is 0 Å². The SMILES string of the molecule is O=C(CCc1nc2ccccc2s1)N1CCOC2C[C@H](CO)C[C@@H]21. The first-order chi connectivity index (χ1) is 11.7. The zero-order chi connectivity index (χ0) is 16.5. The van der Waals surface area contributed by atoms with Crippen LogP contribution >= 0.6 is 11.3 Å². The molecule has 1 saturated carbocycles. The van der Waals surface area contributed by atoms with Gasteiger partial charge in [0.25, 0.3) is 0 Å². The van der Waals surface area contributed by atoms with Gasteiger partial charge in [-0.15, -0.1) is 11.3 Å². The van der Waals surface area contributed by atoms with Crippen molar-refractivity contribution < 1.29 is 14.6 Å². The highest BCUT2D eigenvalue weighted by atomic mass is 32.1. The van der Waals surface area contributed by atoms with Crippen molar-refractivity contribution in [2.75, 3.05) is 19.8 Å². The van der Waals surface area contributed by atoms with E-state index >= 15 is 0 Å².